The number of carbonyl (C=O) groups is 1. The van der Waals surface area contributed by atoms with Crippen LogP contribution in [0.15, 0.2) is 48.8 Å². The van der Waals surface area contributed by atoms with E-state index in [4.69, 9.17) is 11.6 Å². The van der Waals surface area contributed by atoms with Crippen molar-refractivity contribution in [1.82, 2.24) is 14.9 Å². The first-order valence-electron chi connectivity index (χ1n) is 9.25. The van der Waals surface area contributed by atoms with Gasteiger partial charge in [0.15, 0.2) is 5.78 Å². The Morgan fingerprint density at radius 2 is 2.15 bits per heavy atom. The van der Waals surface area contributed by atoms with Gasteiger partial charge in [0.25, 0.3) is 0 Å². The number of rotatable bonds is 5. The van der Waals surface area contributed by atoms with Crippen molar-refractivity contribution in [2.24, 2.45) is 0 Å². The molecule has 1 aliphatic heterocycles. The van der Waals surface area contributed by atoms with Gasteiger partial charge in [-0.15, -0.1) is 0 Å². The Labute approximate surface area is 163 Å². The lowest BCUT2D eigenvalue weighted by Gasteiger charge is -2.28. The lowest BCUT2D eigenvalue weighted by Crippen LogP contribution is -2.46. The molecule has 0 saturated carbocycles. The molecule has 2 atom stereocenters. The number of Topliss-reactive ketones (excluding diaryl/α,β-unsaturated/α-hetero) is 1. The summed E-state index contributed by atoms with van der Waals surface area (Å²) in [7, 11) is 0. The number of hydrogen-bond donors (Lipinski definition) is 2. The minimum atomic E-state index is -0.450. The quantitative estimate of drug-likeness (QED) is 0.708. The molecule has 27 heavy (non-hydrogen) atoms. The molecule has 1 aliphatic rings. The van der Waals surface area contributed by atoms with Gasteiger partial charge in [-0.3, -0.25) is 4.79 Å². The molecule has 3 aromatic rings. The van der Waals surface area contributed by atoms with Gasteiger partial charge in [0, 0.05) is 23.0 Å². The fourth-order valence-electron chi connectivity index (χ4n) is 3.69. The van der Waals surface area contributed by atoms with Crippen molar-refractivity contribution in [3.63, 3.8) is 0 Å². The molecule has 0 bridgehead atoms. The maximum Gasteiger partial charge on any atom is 0.154 e. The van der Waals surface area contributed by atoms with E-state index in [0.717, 1.165) is 41.5 Å². The van der Waals surface area contributed by atoms with Crippen LogP contribution in [-0.2, 0) is 11.3 Å². The minimum Gasteiger partial charge on any atom is -0.391 e. The number of piperidine rings is 1. The third-order valence-corrected chi connectivity index (χ3v) is 5.48. The monoisotopic (exact) mass is 383 g/mol. The zero-order valence-electron chi connectivity index (χ0n) is 14.9. The zero-order valence-corrected chi connectivity index (χ0v) is 15.7. The Hall–Kier alpha value is -2.21. The highest BCUT2D eigenvalue weighted by Crippen LogP contribution is 2.29. The van der Waals surface area contributed by atoms with E-state index >= 15 is 0 Å². The smallest absolute Gasteiger partial charge is 0.154 e. The predicted molar refractivity (Wildman–Crippen MR) is 107 cm³/mol. The first-order valence-corrected chi connectivity index (χ1v) is 9.62. The first kappa shape index (κ1) is 18.2. The zero-order chi connectivity index (χ0) is 18.8. The summed E-state index contributed by atoms with van der Waals surface area (Å²) in [6.45, 7) is 1.09. The number of nitrogens with zero attached hydrogens (tertiary/aromatic N) is 2. The number of carbonyl (C=O) groups excluding carboxylic acids is 1. The Bertz CT molecular complexity index is 969. The van der Waals surface area contributed by atoms with Crippen LogP contribution < -0.4 is 5.32 Å². The number of imidazole rings is 1. The Morgan fingerprint density at radius 3 is 2.96 bits per heavy atom. The maximum atomic E-state index is 12.6. The van der Waals surface area contributed by atoms with Crippen molar-refractivity contribution in [1.29, 1.82) is 0 Å². The SMILES string of the molecule is O=C(C[C@H]1NCCC[C@@H]1O)Cn1cnc2ccc(-c3ccccc3Cl)cc21. The summed E-state index contributed by atoms with van der Waals surface area (Å²) in [5.41, 5.74) is 3.69. The molecular formula is C21H22ClN3O2. The average Bonchev–Trinajstić information content (AvgIpc) is 3.06. The van der Waals surface area contributed by atoms with Crippen LogP contribution in [0.1, 0.15) is 19.3 Å². The molecule has 2 heterocycles. The van der Waals surface area contributed by atoms with E-state index in [9.17, 15) is 9.90 Å². The number of fused-ring (bicyclic) bond motifs is 1. The molecule has 6 heteroatoms. The van der Waals surface area contributed by atoms with Crippen LogP contribution in [0.25, 0.3) is 22.2 Å². The van der Waals surface area contributed by atoms with Crippen molar-refractivity contribution in [2.75, 3.05) is 6.54 Å². The summed E-state index contributed by atoms with van der Waals surface area (Å²) in [4.78, 5) is 17.0. The van der Waals surface area contributed by atoms with Gasteiger partial charge in [0.05, 0.1) is 30.0 Å². The molecule has 0 unspecified atom stereocenters. The molecule has 0 amide bonds. The summed E-state index contributed by atoms with van der Waals surface area (Å²) < 4.78 is 1.87. The highest BCUT2D eigenvalue weighted by molar-refractivity contribution is 6.33. The van der Waals surface area contributed by atoms with Crippen molar-refractivity contribution in [3.8, 4) is 11.1 Å². The van der Waals surface area contributed by atoms with Crippen LogP contribution in [0.2, 0.25) is 5.02 Å². The largest absolute Gasteiger partial charge is 0.391 e. The molecule has 1 fully saturated rings. The number of hydrogen-bond acceptors (Lipinski definition) is 4. The second-order valence-corrected chi connectivity index (χ2v) is 7.48. The van der Waals surface area contributed by atoms with Gasteiger partial charge >= 0.3 is 0 Å². The number of benzene rings is 2. The highest BCUT2D eigenvalue weighted by atomic mass is 35.5. The molecule has 4 rings (SSSR count). The van der Waals surface area contributed by atoms with E-state index in [1.165, 1.54) is 0 Å². The second-order valence-electron chi connectivity index (χ2n) is 7.07. The second kappa shape index (κ2) is 7.80. The Morgan fingerprint density at radius 1 is 1.30 bits per heavy atom. The summed E-state index contributed by atoms with van der Waals surface area (Å²) in [6, 6.07) is 13.5. The van der Waals surface area contributed by atoms with E-state index in [2.05, 4.69) is 10.3 Å². The van der Waals surface area contributed by atoms with E-state index in [-0.39, 0.29) is 18.4 Å². The van der Waals surface area contributed by atoms with Crippen molar-refractivity contribution >= 4 is 28.4 Å². The van der Waals surface area contributed by atoms with Gasteiger partial charge in [-0.2, -0.15) is 0 Å². The third-order valence-electron chi connectivity index (χ3n) is 5.15. The summed E-state index contributed by atoms with van der Waals surface area (Å²) in [6.07, 6.45) is 3.27. The Kier molecular flexibility index (Phi) is 5.25. The van der Waals surface area contributed by atoms with Crippen LogP contribution in [0, 0.1) is 0 Å². The molecule has 2 aromatic carbocycles. The van der Waals surface area contributed by atoms with Crippen LogP contribution in [0.3, 0.4) is 0 Å². The topological polar surface area (TPSA) is 67.2 Å². The fourth-order valence-corrected chi connectivity index (χ4v) is 3.93. The minimum absolute atomic E-state index is 0.0795. The summed E-state index contributed by atoms with van der Waals surface area (Å²) in [5, 5.41) is 14.0. The van der Waals surface area contributed by atoms with Gasteiger partial charge < -0.3 is 15.0 Å². The standard InChI is InChI=1S/C21H22ClN3O2/c22-17-5-2-1-4-16(17)14-7-8-18-20(10-14)25(13-24-18)12-15(26)11-19-21(27)6-3-9-23-19/h1-2,4-5,7-8,10,13,19,21,23,27H,3,6,9,11-12H2/t19-,21+/m1/s1. The van der Waals surface area contributed by atoms with Gasteiger partial charge in [0.1, 0.15) is 0 Å². The Balaban J connectivity index is 1.56. The molecule has 1 saturated heterocycles. The summed E-state index contributed by atoms with van der Waals surface area (Å²) >= 11 is 6.32. The molecule has 0 aliphatic carbocycles. The summed E-state index contributed by atoms with van der Waals surface area (Å²) in [5.74, 6) is 0.0795. The number of aliphatic hydroxyl groups is 1. The van der Waals surface area contributed by atoms with Gasteiger partial charge in [-0.25, -0.2) is 4.98 Å². The number of nitrogens with one attached hydrogen (secondary N) is 1. The van der Waals surface area contributed by atoms with E-state index in [1.54, 1.807) is 6.33 Å². The van der Waals surface area contributed by atoms with Crippen LogP contribution in [-0.4, -0.2) is 39.1 Å². The number of halogens is 1. The molecule has 0 spiro atoms. The van der Waals surface area contributed by atoms with Crippen molar-refractivity contribution in [3.05, 3.63) is 53.8 Å². The predicted octanol–water partition coefficient (Wildman–Crippen LogP) is 3.43. The van der Waals surface area contributed by atoms with Gasteiger partial charge in [-0.1, -0.05) is 35.9 Å². The normalized spacial score (nSPS) is 20.1. The highest BCUT2D eigenvalue weighted by Gasteiger charge is 2.25. The average molecular weight is 384 g/mol. The van der Waals surface area contributed by atoms with Crippen molar-refractivity contribution in [2.45, 2.75) is 38.0 Å². The molecule has 0 radical (unpaired) electrons. The maximum absolute atomic E-state index is 12.6. The van der Waals surface area contributed by atoms with E-state index in [1.807, 2.05) is 47.0 Å². The number of ketones is 1. The van der Waals surface area contributed by atoms with Crippen molar-refractivity contribution < 1.29 is 9.90 Å². The number of aromatic nitrogens is 2. The molecule has 5 nitrogen and oxygen atoms in total. The molecule has 1 aromatic heterocycles. The first-order chi connectivity index (χ1) is 13.1. The fraction of sp³-hybridized carbons (Fsp3) is 0.333. The van der Waals surface area contributed by atoms with Crippen LogP contribution in [0.5, 0.6) is 0 Å². The number of aliphatic hydroxyl groups excluding tert-OH is 1. The molecule has 140 valence electrons. The third kappa shape index (κ3) is 3.90. The lowest BCUT2D eigenvalue weighted by atomic mass is 9.97. The van der Waals surface area contributed by atoms with Crippen LogP contribution >= 0.6 is 11.6 Å². The van der Waals surface area contributed by atoms with Gasteiger partial charge in [-0.05, 0) is 43.1 Å². The molecular weight excluding hydrogens is 362 g/mol. The van der Waals surface area contributed by atoms with E-state index < -0.39 is 6.10 Å². The molecule has 2 N–H and O–H groups in total. The van der Waals surface area contributed by atoms with E-state index in [0.29, 0.717) is 11.4 Å². The van der Waals surface area contributed by atoms with Crippen LogP contribution in [0.4, 0.5) is 0 Å². The van der Waals surface area contributed by atoms with Gasteiger partial charge in [0.2, 0.25) is 0 Å². The lowest BCUT2D eigenvalue weighted by molar-refractivity contribution is -0.121.